The zero-order valence-corrected chi connectivity index (χ0v) is 16.3. The summed E-state index contributed by atoms with van der Waals surface area (Å²) >= 11 is 0. The highest BCUT2D eigenvalue weighted by Gasteiger charge is 2.45. The van der Waals surface area contributed by atoms with Crippen LogP contribution in [-0.4, -0.2) is 6.11 Å². The minimum absolute atomic E-state index is 0.119. The van der Waals surface area contributed by atoms with Crippen molar-refractivity contribution in [3.05, 3.63) is 23.8 Å². The van der Waals surface area contributed by atoms with Crippen LogP contribution in [0.25, 0.3) is 0 Å². The summed E-state index contributed by atoms with van der Waals surface area (Å²) in [5.74, 6) is -1.45. The van der Waals surface area contributed by atoms with Gasteiger partial charge in [-0.25, -0.2) is 8.78 Å². The van der Waals surface area contributed by atoms with E-state index in [4.69, 9.17) is 4.74 Å². The zero-order chi connectivity index (χ0) is 18.9. The van der Waals surface area contributed by atoms with Gasteiger partial charge in [0.15, 0.2) is 11.6 Å². The quantitative estimate of drug-likeness (QED) is 0.448. The molecule has 0 bridgehead atoms. The molecule has 1 unspecified atom stereocenters. The number of benzene rings is 1. The maximum Gasteiger partial charge on any atom is 0.400 e. The lowest BCUT2D eigenvalue weighted by Gasteiger charge is -2.38. The van der Waals surface area contributed by atoms with Crippen molar-refractivity contribution in [2.24, 2.45) is 23.7 Å². The molecule has 26 heavy (non-hydrogen) atoms. The first kappa shape index (κ1) is 19.9. The molecule has 2 saturated carbocycles. The summed E-state index contributed by atoms with van der Waals surface area (Å²) in [6.45, 7) is 2.28. The Hall–Kier alpha value is -0.830. The fraction of sp³-hybridized carbons (Fsp3) is 0.700. The Morgan fingerprint density at radius 1 is 0.923 bits per heavy atom. The van der Waals surface area contributed by atoms with Crippen molar-refractivity contribution in [1.82, 2.24) is 0 Å². The summed E-state index contributed by atoms with van der Waals surface area (Å²) in [5.41, 5.74) is 0. The summed E-state index contributed by atoms with van der Waals surface area (Å²) in [7, 11) is 1.99. The van der Waals surface area contributed by atoms with Crippen molar-refractivity contribution in [3.63, 3.8) is 0 Å². The number of alkyl halides is 2. The van der Waals surface area contributed by atoms with Crippen molar-refractivity contribution in [2.45, 2.75) is 64.4 Å². The standard InChI is InChI=1S/C20H27F4OP/c1-12-2-4-13(5-3-12)14-6-8-15(9-7-14)20(23,24)25-16-10-17(21)19(22)18(26)11-16/h10-15H,2-9,26H2,1H3. The van der Waals surface area contributed by atoms with Crippen LogP contribution in [0, 0.1) is 35.3 Å². The second-order valence-corrected chi connectivity index (χ2v) is 8.73. The first-order chi connectivity index (χ1) is 12.3. The molecule has 0 amide bonds. The third-order valence-electron chi connectivity index (χ3n) is 6.26. The van der Waals surface area contributed by atoms with E-state index in [1.54, 1.807) is 0 Å². The first-order valence-electron chi connectivity index (χ1n) is 9.57. The molecule has 0 aliphatic heterocycles. The third kappa shape index (κ3) is 4.52. The predicted molar refractivity (Wildman–Crippen MR) is 97.8 cm³/mol. The number of rotatable bonds is 4. The largest absolute Gasteiger partial charge is 0.432 e. The molecule has 0 saturated heterocycles. The first-order valence-corrected chi connectivity index (χ1v) is 10.2. The highest BCUT2D eigenvalue weighted by atomic mass is 31.0. The van der Waals surface area contributed by atoms with Gasteiger partial charge in [-0.1, -0.05) is 19.8 Å². The molecule has 2 fully saturated rings. The molecule has 3 rings (SSSR count). The van der Waals surface area contributed by atoms with Gasteiger partial charge in [0, 0.05) is 11.4 Å². The normalized spacial score (nSPS) is 30.2. The van der Waals surface area contributed by atoms with Gasteiger partial charge in [0.05, 0.1) is 5.92 Å². The summed E-state index contributed by atoms with van der Waals surface area (Å²) in [5, 5.41) is -0.119. The maximum absolute atomic E-state index is 14.5. The Morgan fingerprint density at radius 3 is 2.00 bits per heavy atom. The van der Waals surface area contributed by atoms with Gasteiger partial charge in [0.25, 0.3) is 0 Å². The summed E-state index contributed by atoms with van der Waals surface area (Å²) in [4.78, 5) is 0. The highest BCUT2D eigenvalue weighted by Crippen LogP contribution is 2.45. The van der Waals surface area contributed by atoms with Gasteiger partial charge in [0.1, 0.15) is 5.75 Å². The maximum atomic E-state index is 14.5. The fourth-order valence-electron chi connectivity index (χ4n) is 4.57. The molecule has 6 heteroatoms. The van der Waals surface area contributed by atoms with Crippen LogP contribution >= 0.6 is 9.24 Å². The number of hydrogen-bond acceptors (Lipinski definition) is 1. The van der Waals surface area contributed by atoms with E-state index in [1.165, 1.54) is 25.7 Å². The van der Waals surface area contributed by atoms with E-state index in [2.05, 4.69) is 6.92 Å². The molecular formula is C20H27F4OP. The molecule has 1 aromatic rings. The highest BCUT2D eigenvalue weighted by molar-refractivity contribution is 7.27. The Morgan fingerprint density at radius 2 is 1.46 bits per heavy atom. The van der Waals surface area contributed by atoms with E-state index in [9.17, 15) is 17.6 Å². The molecule has 0 spiro atoms. The van der Waals surface area contributed by atoms with Crippen LogP contribution in [0.3, 0.4) is 0 Å². The van der Waals surface area contributed by atoms with Crippen molar-refractivity contribution in [1.29, 1.82) is 0 Å². The Kier molecular flexibility index (Phi) is 6.16. The average Bonchev–Trinajstić information content (AvgIpc) is 2.60. The molecule has 1 nitrogen and oxygen atoms in total. The lowest BCUT2D eigenvalue weighted by atomic mass is 9.69. The fourth-order valence-corrected chi connectivity index (χ4v) is 4.87. The molecule has 0 N–H and O–H groups in total. The second-order valence-electron chi connectivity index (χ2n) is 8.10. The summed E-state index contributed by atoms with van der Waals surface area (Å²) in [6.07, 6.45) is 4.00. The lowest BCUT2D eigenvalue weighted by Crippen LogP contribution is -2.38. The molecule has 2 aliphatic carbocycles. The van der Waals surface area contributed by atoms with E-state index in [1.807, 2.05) is 9.24 Å². The van der Waals surface area contributed by atoms with Crippen molar-refractivity contribution >= 4 is 14.5 Å². The van der Waals surface area contributed by atoms with Crippen LogP contribution in [0.4, 0.5) is 17.6 Å². The summed E-state index contributed by atoms with van der Waals surface area (Å²) < 4.78 is 60.6. The van der Waals surface area contributed by atoms with Gasteiger partial charge in [-0.3, -0.25) is 0 Å². The monoisotopic (exact) mass is 390 g/mol. The van der Waals surface area contributed by atoms with Crippen LogP contribution in [0.15, 0.2) is 12.1 Å². The van der Waals surface area contributed by atoms with E-state index in [0.717, 1.165) is 24.8 Å². The van der Waals surface area contributed by atoms with Crippen molar-refractivity contribution in [3.8, 4) is 5.75 Å². The second kappa shape index (κ2) is 8.04. The molecule has 0 aromatic heterocycles. The Bertz CT molecular complexity index is 597. The van der Waals surface area contributed by atoms with Gasteiger partial charge in [0.2, 0.25) is 0 Å². The SMILES string of the molecule is CC1CCC(C2CCC(C(F)(F)Oc3cc(F)c(F)c(P)c3)CC2)CC1. The number of ether oxygens (including phenoxy) is 1. The van der Waals surface area contributed by atoms with Gasteiger partial charge in [-0.05, 0) is 62.3 Å². The van der Waals surface area contributed by atoms with Crippen molar-refractivity contribution in [2.75, 3.05) is 0 Å². The predicted octanol–water partition coefficient (Wildman–Crippen LogP) is 6.07. The minimum atomic E-state index is -3.37. The smallest absolute Gasteiger partial charge is 0.400 e. The Balaban J connectivity index is 1.57. The lowest BCUT2D eigenvalue weighted by molar-refractivity contribution is -0.224. The van der Waals surface area contributed by atoms with Crippen LogP contribution in [0.2, 0.25) is 0 Å². The number of hydrogen-bond donors (Lipinski definition) is 0. The van der Waals surface area contributed by atoms with Crippen LogP contribution < -0.4 is 10.0 Å². The van der Waals surface area contributed by atoms with Crippen LogP contribution in [0.5, 0.6) is 5.75 Å². The van der Waals surface area contributed by atoms with E-state index in [0.29, 0.717) is 30.7 Å². The Labute approximate surface area is 155 Å². The third-order valence-corrected chi connectivity index (χ3v) is 6.68. The van der Waals surface area contributed by atoms with E-state index in [-0.39, 0.29) is 11.1 Å². The molecule has 2 aliphatic rings. The van der Waals surface area contributed by atoms with Gasteiger partial charge < -0.3 is 4.74 Å². The molecule has 0 radical (unpaired) electrons. The molecule has 1 aromatic carbocycles. The number of halogens is 4. The van der Waals surface area contributed by atoms with E-state index >= 15 is 0 Å². The van der Waals surface area contributed by atoms with Crippen LogP contribution in [-0.2, 0) is 0 Å². The minimum Gasteiger partial charge on any atom is -0.432 e. The zero-order valence-electron chi connectivity index (χ0n) is 15.1. The average molecular weight is 390 g/mol. The molecule has 0 heterocycles. The van der Waals surface area contributed by atoms with Crippen molar-refractivity contribution < 1.29 is 22.3 Å². The molecular weight excluding hydrogens is 363 g/mol. The van der Waals surface area contributed by atoms with Gasteiger partial charge in [-0.2, -0.15) is 8.78 Å². The van der Waals surface area contributed by atoms with E-state index < -0.39 is 23.7 Å². The summed E-state index contributed by atoms with van der Waals surface area (Å²) in [6, 6.07) is 1.78. The van der Waals surface area contributed by atoms with Gasteiger partial charge in [-0.15, -0.1) is 9.24 Å². The van der Waals surface area contributed by atoms with Crippen LogP contribution in [0.1, 0.15) is 58.3 Å². The molecule has 1 atom stereocenters. The topological polar surface area (TPSA) is 9.23 Å². The molecule has 146 valence electrons. The van der Waals surface area contributed by atoms with Gasteiger partial charge >= 0.3 is 6.11 Å².